The lowest BCUT2D eigenvalue weighted by Gasteiger charge is -2.48. The van der Waals surface area contributed by atoms with Gasteiger partial charge in [0.1, 0.15) is 0 Å². The second-order valence-electron chi connectivity index (χ2n) is 6.53. The van der Waals surface area contributed by atoms with E-state index in [-0.39, 0.29) is 0 Å². The summed E-state index contributed by atoms with van der Waals surface area (Å²) < 4.78 is 5.78. The molecule has 2 atom stereocenters. The Balaban J connectivity index is 1.81. The van der Waals surface area contributed by atoms with Crippen LogP contribution in [0.1, 0.15) is 52.9 Å². The van der Waals surface area contributed by atoms with Crippen molar-refractivity contribution in [2.75, 3.05) is 32.8 Å². The summed E-state index contributed by atoms with van der Waals surface area (Å²) in [5, 5.41) is 3.74. The molecular weight excluding hydrogens is 236 g/mol. The molecule has 0 amide bonds. The smallest absolute Gasteiger partial charge is 0.0593 e. The van der Waals surface area contributed by atoms with Crippen molar-refractivity contribution in [2.24, 2.45) is 5.92 Å². The van der Waals surface area contributed by atoms with Crippen LogP contribution in [0.25, 0.3) is 0 Å². The van der Waals surface area contributed by atoms with Gasteiger partial charge in [-0.25, -0.2) is 0 Å². The SMILES string of the molecule is CCCCOCCN1CC(CC)NCC1(C)C1CC1. The molecule has 1 saturated heterocycles. The maximum absolute atomic E-state index is 5.78. The molecule has 0 aromatic heterocycles. The van der Waals surface area contributed by atoms with E-state index >= 15 is 0 Å². The lowest BCUT2D eigenvalue weighted by atomic mass is 9.89. The molecule has 1 saturated carbocycles. The topological polar surface area (TPSA) is 24.5 Å². The van der Waals surface area contributed by atoms with Crippen LogP contribution in [0.4, 0.5) is 0 Å². The zero-order valence-corrected chi connectivity index (χ0v) is 13.1. The van der Waals surface area contributed by atoms with Crippen molar-refractivity contribution in [3.8, 4) is 0 Å². The largest absolute Gasteiger partial charge is 0.380 e. The van der Waals surface area contributed by atoms with E-state index in [1.165, 1.54) is 38.6 Å². The van der Waals surface area contributed by atoms with Gasteiger partial charge < -0.3 is 10.1 Å². The molecule has 0 aromatic carbocycles. The average molecular weight is 268 g/mol. The third-order valence-electron chi connectivity index (χ3n) is 5.01. The van der Waals surface area contributed by atoms with E-state index in [0.29, 0.717) is 11.6 Å². The maximum Gasteiger partial charge on any atom is 0.0593 e. The van der Waals surface area contributed by atoms with Crippen LogP contribution in [0.5, 0.6) is 0 Å². The highest BCUT2D eigenvalue weighted by Gasteiger charge is 2.47. The fourth-order valence-electron chi connectivity index (χ4n) is 3.25. The number of ether oxygens (including phenoxy) is 1. The molecule has 2 aliphatic rings. The van der Waals surface area contributed by atoms with Crippen molar-refractivity contribution in [1.29, 1.82) is 0 Å². The molecule has 1 aliphatic heterocycles. The first kappa shape index (κ1) is 15.3. The van der Waals surface area contributed by atoms with Gasteiger partial charge in [-0.1, -0.05) is 20.3 Å². The summed E-state index contributed by atoms with van der Waals surface area (Å²) in [5.41, 5.74) is 0.375. The Kier molecular flexibility index (Phi) is 5.67. The van der Waals surface area contributed by atoms with Gasteiger partial charge in [-0.15, -0.1) is 0 Å². The molecule has 2 unspecified atom stereocenters. The van der Waals surface area contributed by atoms with Crippen LogP contribution in [0.15, 0.2) is 0 Å². The molecule has 0 spiro atoms. The summed E-state index contributed by atoms with van der Waals surface area (Å²) >= 11 is 0. The Morgan fingerprint density at radius 3 is 2.68 bits per heavy atom. The number of rotatable bonds is 8. The molecule has 2 rings (SSSR count). The number of nitrogens with zero attached hydrogens (tertiary/aromatic N) is 1. The van der Waals surface area contributed by atoms with Crippen LogP contribution in [0.2, 0.25) is 0 Å². The molecule has 19 heavy (non-hydrogen) atoms. The first-order chi connectivity index (χ1) is 9.20. The van der Waals surface area contributed by atoms with Crippen molar-refractivity contribution in [2.45, 2.75) is 64.5 Å². The van der Waals surface area contributed by atoms with Gasteiger partial charge in [0.15, 0.2) is 0 Å². The van der Waals surface area contributed by atoms with E-state index in [4.69, 9.17) is 4.74 Å². The van der Waals surface area contributed by atoms with E-state index in [2.05, 4.69) is 31.0 Å². The van der Waals surface area contributed by atoms with E-state index in [9.17, 15) is 0 Å². The quantitative estimate of drug-likeness (QED) is 0.685. The minimum atomic E-state index is 0.375. The second-order valence-corrected chi connectivity index (χ2v) is 6.53. The van der Waals surface area contributed by atoms with Gasteiger partial charge in [0, 0.05) is 37.8 Å². The number of hydrogen-bond acceptors (Lipinski definition) is 3. The van der Waals surface area contributed by atoms with Gasteiger partial charge in [0.25, 0.3) is 0 Å². The second kappa shape index (κ2) is 7.05. The monoisotopic (exact) mass is 268 g/mol. The highest BCUT2D eigenvalue weighted by molar-refractivity contribution is 5.04. The van der Waals surface area contributed by atoms with Gasteiger partial charge in [0.05, 0.1) is 6.61 Å². The molecule has 1 aliphatic carbocycles. The number of hydrogen-bond donors (Lipinski definition) is 1. The number of unbranched alkanes of at least 4 members (excludes halogenated alkanes) is 1. The molecule has 3 heteroatoms. The van der Waals surface area contributed by atoms with Gasteiger partial charge in [-0.2, -0.15) is 0 Å². The average Bonchev–Trinajstić information content (AvgIpc) is 3.25. The first-order valence-corrected chi connectivity index (χ1v) is 8.27. The van der Waals surface area contributed by atoms with Crippen LogP contribution >= 0.6 is 0 Å². The molecule has 112 valence electrons. The summed E-state index contributed by atoms with van der Waals surface area (Å²) in [6.07, 6.45) is 6.49. The molecule has 1 heterocycles. The van der Waals surface area contributed by atoms with Crippen molar-refractivity contribution in [3.05, 3.63) is 0 Å². The first-order valence-electron chi connectivity index (χ1n) is 8.27. The zero-order valence-electron chi connectivity index (χ0n) is 13.1. The van der Waals surface area contributed by atoms with Crippen LogP contribution in [-0.4, -0.2) is 49.3 Å². The molecule has 0 radical (unpaired) electrons. The highest BCUT2D eigenvalue weighted by Crippen LogP contribution is 2.43. The Morgan fingerprint density at radius 2 is 2.05 bits per heavy atom. The van der Waals surface area contributed by atoms with Crippen molar-refractivity contribution in [3.63, 3.8) is 0 Å². The van der Waals surface area contributed by atoms with Gasteiger partial charge in [-0.05, 0) is 38.5 Å². The fraction of sp³-hybridized carbons (Fsp3) is 1.00. The summed E-state index contributed by atoms with van der Waals surface area (Å²) in [6, 6.07) is 0.669. The van der Waals surface area contributed by atoms with Crippen LogP contribution < -0.4 is 5.32 Å². The van der Waals surface area contributed by atoms with Crippen LogP contribution in [0.3, 0.4) is 0 Å². The molecule has 3 nitrogen and oxygen atoms in total. The molecule has 2 fully saturated rings. The minimum absolute atomic E-state index is 0.375. The van der Waals surface area contributed by atoms with E-state index in [1.54, 1.807) is 0 Å². The highest BCUT2D eigenvalue weighted by atomic mass is 16.5. The molecule has 1 N–H and O–H groups in total. The predicted octanol–water partition coefficient (Wildman–Crippen LogP) is 2.66. The van der Waals surface area contributed by atoms with E-state index in [1.807, 2.05) is 0 Å². The minimum Gasteiger partial charge on any atom is -0.380 e. The summed E-state index contributed by atoms with van der Waals surface area (Å²) in [5.74, 6) is 0.911. The van der Waals surface area contributed by atoms with Gasteiger partial charge >= 0.3 is 0 Å². The number of piperazine rings is 1. The van der Waals surface area contributed by atoms with E-state index < -0.39 is 0 Å². The van der Waals surface area contributed by atoms with E-state index in [0.717, 1.165) is 32.2 Å². The van der Waals surface area contributed by atoms with Crippen LogP contribution in [-0.2, 0) is 4.74 Å². The maximum atomic E-state index is 5.78. The lowest BCUT2D eigenvalue weighted by molar-refractivity contribution is 0.00615. The standard InChI is InChI=1S/C16H32N2O/c1-4-6-10-19-11-9-18-12-15(5-2)17-13-16(18,3)14-7-8-14/h14-15,17H,4-13H2,1-3H3. The number of nitrogens with one attached hydrogen (secondary N) is 1. The Morgan fingerprint density at radius 1 is 1.26 bits per heavy atom. The Labute approximate surface area is 119 Å². The van der Waals surface area contributed by atoms with Crippen molar-refractivity contribution < 1.29 is 4.74 Å². The third-order valence-corrected chi connectivity index (χ3v) is 5.01. The third kappa shape index (κ3) is 3.93. The van der Waals surface area contributed by atoms with Gasteiger partial charge in [0.2, 0.25) is 0 Å². The fourth-order valence-corrected chi connectivity index (χ4v) is 3.25. The lowest BCUT2D eigenvalue weighted by Crippen LogP contribution is -2.64. The normalized spacial score (nSPS) is 32.7. The summed E-state index contributed by atoms with van der Waals surface area (Å²) in [6.45, 7) is 12.2. The molecule has 0 bridgehead atoms. The Bertz CT molecular complexity index is 267. The van der Waals surface area contributed by atoms with Crippen LogP contribution in [0, 0.1) is 5.92 Å². The predicted molar refractivity (Wildman–Crippen MR) is 80.5 cm³/mol. The molecule has 0 aromatic rings. The summed E-state index contributed by atoms with van der Waals surface area (Å²) in [7, 11) is 0. The van der Waals surface area contributed by atoms with Crippen molar-refractivity contribution >= 4 is 0 Å². The van der Waals surface area contributed by atoms with Crippen molar-refractivity contribution in [1.82, 2.24) is 10.2 Å². The van der Waals surface area contributed by atoms with Gasteiger partial charge in [-0.3, -0.25) is 4.90 Å². The summed E-state index contributed by atoms with van der Waals surface area (Å²) in [4.78, 5) is 2.71. The zero-order chi connectivity index (χ0) is 13.7. The Hall–Kier alpha value is -0.120. The molecular formula is C16H32N2O.